The molecule has 1 aromatic rings. The summed E-state index contributed by atoms with van der Waals surface area (Å²) in [5, 5.41) is 6.29. The molecule has 0 radical (unpaired) electrons. The highest BCUT2D eigenvalue weighted by atomic mass is 16.2. The number of hydrogen-bond donors (Lipinski definition) is 2. The van der Waals surface area contributed by atoms with E-state index in [0.717, 1.165) is 37.3 Å². The van der Waals surface area contributed by atoms with Gasteiger partial charge in [0.15, 0.2) is 0 Å². The zero-order valence-electron chi connectivity index (χ0n) is 11.4. The van der Waals surface area contributed by atoms with Gasteiger partial charge in [0, 0.05) is 30.0 Å². The maximum atomic E-state index is 12.0. The van der Waals surface area contributed by atoms with Gasteiger partial charge in [-0.15, -0.1) is 0 Å². The third kappa shape index (κ3) is 2.32. The molecule has 1 amide bonds. The average molecular weight is 259 g/mol. The van der Waals surface area contributed by atoms with Gasteiger partial charge in [0.25, 0.3) is 0 Å². The number of carbonyl (C=O) groups is 1. The fraction of sp³-hybridized carbons (Fsp3) is 0.533. The smallest absolute Gasteiger partial charge is 0.246 e. The van der Waals surface area contributed by atoms with Crippen LogP contribution < -0.4 is 15.5 Å². The topological polar surface area (TPSA) is 44.4 Å². The minimum Gasteiger partial charge on any atom is -0.371 e. The second-order valence-electron chi connectivity index (χ2n) is 5.34. The Morgan fingerprint density at radius 3 is 2.89 bits per heavy atom. The highest BCUT2D eigenvalue weighted by Crippen LogP contribution is 2.34. The summed E-state index contributed by atoms with van der Waals surface area (Å²) in [4.78, 5) is 14.4. The molecule has 0 aliphatic carbocycles. The van der Waals surface area contributed by atoms with Gasteiger partial charge in [-0.1, -0.05) is 13.0 Å². The molecule has 2 N–H and O–H groups in total. The van der Waals surface area contributed by atoms with Crippen LogP contribution in [0.4, 0.5) is 11.4 Å². The normalized spacial score (nSPS) is 21.6. The first-order chi connectivity index (χ1) is 9.29. The molecule has 2 aliphatic rings. The van der Waals surface area contributed by atoms with Gasteiger partial charge in [0.1, 0.15) is 6.04 Å². The van der Waals surface area contributed by atoms with Crippen LogP contribution in [0.3, 0.4) is 0 Å². The highest BCUT2D eigenvalue weighted by molar-refractivity contribution is 6.03. The summed E-state index contributed by atoms with van der Waals surface area (Å²) in [6.07, 6.45) is 3.57. The first-order valence-corrected chi connectivity index (χ1v) is 7.22. The first kappa shape index (κ1) is 12.5. The lowest BCUT2D eigenvalue weighted by atomic mass is 10.1. The van der Waals surface area contributed by atoms with Crippen molar-refractivity contribution in [3.05, 3.63) is 23.8 Å². The van der Waals surface area contributed by atoms with Crippen molar-refractivity contribution in [3.8, 4) is 0 Å². The van der Waals surface area contributed by atoms with E-state index in [1.165, 1.54) is 18.5 Å². The number of anilines is 2. The maximum Gasteiger partial charge on any atom is 0.246 e. The number of benzene rings is 1. The van der Waals surface area contributed by atoms with Gasteiger partial charge in [-0.2, -0.15) is 0 Å². The molecule has 3 rings (SSSR count). The van der Waals surface area contributed by atoms with Gasteiger partial charge < -0.3 is 15.5 Å². The Kier molecular flexibility index (Phi) is 3.42. The van der Waals surface area contributed by atoms with E-state index < -0.39 is 0 Å². The Labute approximate surface area is 114 Å². The zero-order valence-corrected chi connectivity index (χ0v) is 11.4. The number of nitrogens with one attached hydrogen (secondary N) is 2. The number of amides is 1. The summed E-state index contributed by atoms with van der Waals surface area (Å²) >= 11 is 0. The number of hydrogen-bond acceptors (Lipinski definition) is 3. The molecule has 19 heavy (non-hydrogen) atoms. The minimum absolute atomic E-state index is 0.0713. The van der Waals surface area contributed by atoms with E-state index in [2.05, 4.69) is 40.7 Å². The van der Waals surface area contributed by atoms with Gasteiger partial charge in [0.2, 0.25) is 5.91 Å². The standard InChI is InChI=1S/C15H21N3O/c1-2-7-16-14-12-6-5-11(18-8-3-4-9-18)10-13(12)17-15(14)19/h5-6,10,14,16H,2-4,7-9H2,1H3,(H,17,19). The van der Waals surface area contributed by atoms with Gasteiger partial charge in [-0.05, 0) is 37.9 Å². The Balaban J connectivity index is 1.82. The summed E-state index contributed by atoms with van der Waals surface area (Å²) in [6.45, 7) is 5.23. The Hall–Kier alpha value is -1.55. The number of carbonyl (C=O) groups excluding carboxylic acids is 1. The Bertz CT molecular complexity index is 480. The van der Waals surface area contributed by atoms with Crippen molar-refractivity contribution in [2.75, 3.05) is 29.9 Å². The van der Waals surface area contributed by atoms with Crippen molar-refractivity contribution < 1.29 is 4.79 Å². The van der Waals surface area contributed by atoms with Crippen LogP contribution in [-0.2, 0) is 4.79 Å². The van der Waals surface area contributed by atoms with E-state index in [1.807, 2.05) is 0 Å². The van der Waals surface area contributed by atoms with Gasteiger partial charge in [0.05, 0.1) is 0 Å². The molecule has 1 saturated heterocycles. The summed E-state index contributed by atoms with van der Waals surface area (Å²) in [7, 11) is 0. The molecule has 0 saturated carbocycles. The molecule has 0 aromatic heterocycles. The second-order valence-corrected chi connectivity index (χ2v) is 5.34. The molecular formula is C15H21N3O. The number of rotatable bonds is 4. The Morgan fingerprint density at radius 2 is 2.16 bits per heavy atom. The maximum absolute atomic E-state index is 12.0. The van der Waals surface area contributed by atoms with Crippen LogP contribution in [0.15, 0.2) is 18.2 Å². The zero-order chi connectivity index (χ0) is 13.2. The third-order valence-corrected chi connectivity index (χ3v) is 3.94. The molecule has 102 valence electrons. The third-order valence-electron chi connectivity index (χ3n) is 3.94. The summed E-state index contributed by atoms with van der Waals surface area (Å²) in [6, 6.07) is 6.17. The molecule has 4 heteroatoms. The van der Waals surface area contributed by atoms with Crippen LogP contribution in [0, 0.1) is 0 Å². The summed E-state index contributed by atoms with van der Waals surface area (Å²) in [5.41, 5.74) is 3.29. The molecule has 1 atom stereocenters. The molecule has 1 fully saturated rings. The van der Waals surface area contributed by atoms with E-state index in [1.54, 1.807) is 0 Å². The van der Waals surface area contributed by atoms with E-state index in [4.69, 9.17) is 0 Å². The van der Waals surface area contributed by atoms with E-state index in [0.29, 0.717) is 0 Å². The van der Waals surface area contributed by atoms with E-state index in [-0.39, 0.29) is 11.9 Å². The van der Waals surface area contributed by atoms with Crippen molar-refractivity contribution in [2.24, 2.45) is 0 Å². The largest absolute Gasteiger partial charge is 0.371 e. The van der Waals surface area contributed by atoms with Crippen LogP contribution in [0.25, 0.3) is 0 Å². The van der Waals surface area contributed by atoms with Crippen molar-refractivity contribution in [1.82, 2.24) is 5.32 Å². The minimum atomic E-state index is -0.178. The van der Waals surface area contributed by atoms with Crippen molar-refractivity contribution in [1.29, 1.82) is 0 Å². The molecule has 2 aliphatic heterocycles. The van der Waals surface area contributed by atoms with Crippen LogP contribution in [0.1, 0.15) is 37.8 Å². The lowest BCUT2D eigenvalue weighted by molar-refractivity contribution is -0.117. The number of nitrogens with zero attached hydrogens (tertiary/aromatic N) is 1. The van der Waals surface area contributed by atoms with Crippen molar-refractivity contribution in [3.63, 3.8) is 0 Å². The predicted molar refractivity (Wildman–Crippen MR) is 77.6 cm³/mol. The fourth-order valence-corrected chi connectivity index (χ4v) is 2.91. The fourth-order valence-electron chi connectivity index (χ4n) is 2.91. The molecule has 1 aromatic carbocycles. The lowest BCUT2D eigenvalue weighted by Gasteiger charge is -2.18. The highest BCUT2D eigenvalue weighted by Gasteiger charge is 2.30. The molecule has 0 spiro atoms. The lowest BCUT2D eigenvalue weighted by Crippen LogP contribution is -2.27. The molecule has 2 heterocycles. The van der Waals surface area contributed by atoms with Crippen LogP contribution in [0.5, 0.6) is 0 Å². The van der Waals surface area contributed by atoms with Gasteiger partial charge in [-0.25, -0.2) is 0 Å². The average Bonchev–Trinajstić information content (AvgIpc) is 3.03. The molecule has 1 unspecified atom stereocenters. The summed E-state index contributed by atoms with van der Waals surface area (Å²) in [5.74, 6) is 0.0713. The molecule has 4 nitrogen and oxygen atoms in total. The Morgan fingerprint density at radius 1 is 1.37 bits per heavy atom. The van der Waals surface area contributed by atoms with E-state index >= 15 is 0 Å². The predicted octanol–water partition coefficient (Wildman–Crippen LogP) is 2.28. The summed E-state index contributed by atoms with van der Waals surface area (Å²) < 4.78 is 0. The van der Waals surface area contributed by atoms with Crippen molar-refractivity contribution >= 4 is 17.3 Å². The SMILES string of the molecule is CCCNC1C(=O)Nc2cc(N3CCCC3)ccc21. The second kappa shape index (κ2) is 5.21. The first-order valence-electron chi connectivity index (χ1n) is 7.22. The van der Waals surface area contributed by atoms with Crippen LogP contribution in [0.2, 0.25) is 0 Å². The van der Waals surface area contributed by atoms with Gasteiger partial charge >= 0.3 is 0 Å². The number of fused-ring (bicyclic) bond motifs is 1. The van der Waals surface area contributed by atoms with E-state index in [9.17, 15) is 4.79 Å². The van der Waals surface area contributed by atoms with Crippen molar-refractivity contribution in [2.45, 2.75) is 32.2 Å². The quantitative estimate of drug-likeness (QED) is 0.872. The van der Waals surface area contributed by atoms with Crippen LogP contribution in [-0.4, -0.2) is 25.5 Å². The molecule has 0 bridgehead atoms. The van der Waals surface area contributed by atoms with Crippen LogP contribution >= 0.6 is 0 Å². The molecular weight excluding hydrogens is 238 g/mol. The monoisotopic (exact) mass is 259 g/mol. The van der Waals surface area contributed by atoms with Gasteiger partial charge in [-0.3, -0.25) is 4.79 Å².